The molecular formula is C12H22O5. The molecule has 0 aliphatic heterocycles. The van der Waals surface area contributed by atoms with E-state index in [0.29, 0.717) is 6.42 Å². The molecule has 0 saturated carbocycles. The molecule has 0 aliphatic carbocycles. The van der Waals surface area contributed by atoms with Crippen LogP contribution in [0, 0.1) is 5.41 Å². The summed E-state index contributed by atoms with van der Waals surface area (Å²) < 4.78 is 9.75. The van der Waals surface area contributed by atoms with Crippen molar-refractivity contribution in [3.05, 3.63) is 0 Å². The summed E-state index contributed by atoms with van der Waals surface area (Å²) in [4.78, 5) is 22.5. The molecule has 0 saturated heterocycles. The number of ether oxygens (including phenoxy) is 2. The summed E-state index contributed by atoms with van der Waals surface area (Å²) in [7, 11) is 0. The number of rotatable bonds is 7. The van der Waals surface area contributed by atoms with Crippen molar-refractivity contribution in [2.24, 2.45) is 5.41 Å². The fourth-order valence-corrected chi connectivity index (χ4v) is 0.930. The van der Waals surface area contributed by atoms with Gasteiger partial charge in [0.1, 0.15) is 13.2 Å². The summed E-state index contributed by atoms with van der Waals surface area (Å²) in [6.07, 6.45) is -0.0775. The van der Waals surface area contributed by atoms with E-state index in [0.717, 1.165) is 0 Å². The van der Waals surface area contributed by atoms with Crippen LogP contribution in [0.25, 0.3) is 0 Å². The van der Waals surface area contributed by atoms with E-state index in [1.165, 1.54) is 6.92 Å². The van der Waals surface area contributed by atoms with Crippen molar-refractivity contribution in [2.45, 2.75) is 46.6 Å². The Balaban J connectivity index is 3.72. The fraction of sp³-hybridized carbons (Fsp3) is 0.833. The van der Waals surface area contributed by atoms with Gasteiger partial charge in [0, 0.05) is 0 Å². The van der Waals surface area contributed by atoms with Crippen molar-refractivity contribution < 1.29 is 24.2 Å². The molecule has 0 aliphatic rings. The Morgan fingerprint density at radius 2 is 1.76 bits per heavy atom. The molecule has 1 N–H and O–H groups in total. The summed E-state index contributed by atoms with van der Waals surface area (Å²) in [5.41, 5.74) is -0.510. The van der Waals surface area contributed by atoms with Gasteiger partial charge in [0.25, 0.3) is 0 Å². The third-order valence-electron chi connectivity index (χ3n) is 2.48. The third-order valence-corrected chi connectivity index (χ3v) is 2.48. The highest BCUT2D eigenvalue weighted by Crippen LogP contribution is 2.21. The lowest BCUT2D eigenvalue weighted by Crippen LogP contribution is -2.27. The Kier molecular flexibility index (Phi) is 6.80. The molecule has 5 heteroatoms. The molecule has 0 spiro atoms. The van der Waals surface area contributed by atoms with Gasteiger partial charge >= 0.3 is 11.9 Å². The van der Waals surface area contributed by atoms with E-state index >= 15 is 0 Å². The molecular weight excluding hydrogens is 224 g/mol. The van der Waals surface area contributed by atoms with Crippen LogP contribution < -0.4 is 0 Å². The van der Waals surface area contributed by atoms with Crippen LogP contribution in [0.1, 0.15) is 40.5 Å². The summed E-state index contributed by atoms with van der Waals surface area (Å²) in [6.45, 7) is 7.09. The van der Waals surface area contributed by atoms with E-state index in [9.17, 15) is 9.59 Å². The van der Waals surface area contributed by atoms with Gasteiger partial charge in [0.05, 0.1) is 17.9 Å². The zero-order valence-electron chi connectivity index (χ0n) is 11.0. The largest absolute Gasteiger partial charge is 0.462 e. The first-order valence-corrected chi connectivity index (χ1v) is 5.80. The van der Waals surface area contributed by atoms with Crippen LogP contribution in [-0.2, 0) is 19.1 Å². The third kappa shape index (κ3) is 6.94. The monoisotopic (exact) mass is 246 g/mol. The first kappa shape index (κ1) is 15.9. The Hall–Kier alpha value is -1.10. The summed E-state index contributed by atoms with van der Waals surface area (Å²) in [6, 6.07) is 0. The first-order chi connectivity index (χ1) is 7.79. The molecule has 0 aromatic carbocycles. The summed E-state index contributed by atoms with van der Waals surface area (Å²) >= 11 is 0. The maximum absolute atomic E-state index is 11.5. The number of esters is 2. The van der Waals surface area contributed by atoms with Gasteiger partial charge in [-0.1, -0.05) is 6.92 Å². The van der Waals surface area contributed by atoms with Crippen LogP contribution in [-0.4, -0.2) is 36.4 Å². The van der Waals surface area contributed by atoms with Gasteiger partial charge in [-0.2, -0.15) is 0 Å². The van der Waals surface area contributed by atoms with Gasteiger partial charge in [-0.3, -0.25) is 9.59 Å². The predicted octanol–water partition coefficient (Wildman–Crippen LogP) is 1.28. The van der Waals surface area contributed by atoms with Crippen molar-refractivity contribution in [1.29, 1.82) is 0 Å². The second-order valence-electron chi connectivity index (χ2n) is 4.65. The number of carbonyl (C=O) groups excluding carboxylic acids is 2. The zero-order chi connectivity index (χ0) is 13.5. The van der Waals surface area contributed by atoms with Crippen molar-refractivity contribution in [2.75, 3.05) is 13.2 Å². The standard InChI is InChI=1S/C12H22O5/c1-5-12(3,4)11(15)17-7-6-16-10(14)8-9(2)13/h9,13H,5-8H2,1-4H3/t9-/m1/s1. The molecule has 17 heavy (non-hydrogen) atoms. The van der Waals surface area contributed by atoms with E-state index < -0.39 is 17.5 Å². The van der Waals surface area contributed by atoms with Crippen LogP contribution in [0.15, 0.2) is 0 Å². The highest BCUT2D eigenvalue weighted by molar-refractivity contribution is 5.75. The topological polar surface area (TPSA) is 72.8 Å². The van der Waals surface area contributed by atoms with Gasteiger partial charge in [-0.25, -0.2) is 0 Å². The lowest BCUT2D eigenvalue weighted by Gasteiger charge is -2.20. The molecule has 0 fully saturated rings. The smallest absolute Gasteiger partial charge is 0.311 e. The SMILES string of the molecule is CCC(C)(C)C(=O)OCCOC(=O)C[C@@H](C)O. The van der Waals surface area contributed by atoms with Gasteiger partial charge < -0.3 is 14.6 Å². The number of carbonyl (C=O) groups is 2. The molecule has 0 aromatic rings. The van der Waals surface area contributed by atoms with Crippen molar-refractivity contribution in [3.8, 4) is 0 Å². The zero-order valence-corrected chi connectivity index (χ0v) is 11.0. The molecule has 100 valence electrons. The van der Waals surface area contributed by atoms with Crippen LogP contribution in [0.4, 0.5) is 0 Å². The summed E-state index contributed by atoms with van der Waals surface area (Å²) in [5.74, 6) is -0.794. The van der Waals surface area contributed by atoms with Gasteiger partial charge in [0.2, 0.25) is 0 Å². The number of hydrogen-bond acceptors (Lipinski definition) is 5. The molecule has 0 amide bonds. The number of hydrogen-bond donors (Lipinski definition) is 1. The van der Waals surface area contributed by atoms with Crippen LogP contribution >= 0.6 is 0 Å². The molecule has 0 radical (unpaired) electrons. The Bertz CT molecular complexity index is 258. The highest BCUT2D eigenvalue weighted by atomic mass is 16.6. The van der Waals surface area contributed by atoms with Crippen LogP contribution in [0.3, 0.4) is 0 Å². The number of aliphatic hydroxyl groups excluding tert-OH is 1. The van der Waals surface area contributed by atoms with Crippen LogP contribution in [0.2, 0.25) is 0 Å². The van der Waals surface area contributed by atoms with E-state index in [1.54, 1.807) is 13.8 Å². The Morgan fingerprint density at radius 3 is 2.24 bits per heavy atom. The first-order valence-electron chi connectivity index (χ1n) is 5.80. The fourth-order valence-electron chi connectivity index (χ4n) is 0.930. The van der Waals surface area contributed by atoms with Gasteiger partial charge in [-0.15, -0.1) is 0 Å². The molecule has 0 rings (SSSR count). The van der Waals surface area contributed by atoms with Gasteiger partial charge in [0.15, 0.2) is 0 Å². The Labute approximate surface area is 102 Å². The predicted molar refractivity (Wildman–Crippen MR) is 62.3 cm³/mol. The maximum Gasteiger partial charge on any atom is 0.311 e. The van der Waals surface area contributed by atoms with Crippen molar-refractivity contribution in [3.63, 3.8) is 0 Å². The second-order valence-corrected chi connectivity index (χ2v) is 4.65. The maximum atomic E-state index is 11.5. The van der Waals surface area contributed by atoms with Gasteiger partial charge in [-0.05, 0) is 27.2 Å². The lowest BCUT2D eigenvalue weighted by molar-refractivity contribution is -0.159. The van der Waals surface area contributed by atoms with E-state index in [-0.39, 0.29) is 25.6 Å². The van der Waals surface area contributed by atoms with Crippen LogP contribution in [0.5, 0.6) is 0 Å². The average molecular weight is 246 g/mol. The second kappa shape index (κ2) is 7.27. The lowest BCUT2D eigenvalue weighted by atomic mass is 9.91. The minimum Gasteiger partial charge on any atom is -0.462 e. The van der Waals surface area contributed by atoms with Crippen molar-refractivity contribution in [1.82, 2.24) is 0 Å². The molecule has 0 unspecified atom stereocenters. The Morgan fingerprint density at radius 1 is 1.24 bits per heavy atom. The molecule has 1 atom stereocenters. The minimum atomic E-state index is -0.718. The molecule has 0 bridgehead atoms. The number of aliphatic hydroxyl groups is 1. The average Bonchev–Trinajstić information content (AvgIpc) is 2.23. The highest BCUT2D eigenvalue weighted by Gasteiger charge is 2.26. The molecule has 0 aromatic heterocycles. The minimum absolute atomic E-state index is 0.0249. The quantitative estimate of drug-likeness (QED) is 0.541. The molecule has 5 nitrogen and oxygen atoms in total. The van der Waals surface area contributed by atoms with E-state index in [4.69, 9.17) is 14.6 Å². The normalized spacial score (nSPS) is 13.0. The molecule has 0 heterocycles. The van der Waals surface area contributed by atoms with E-state index in [1.807, 2.05) is 6.92 Å². The van der Waals surface area contributed by atoms with Crippen molar-refractivity contribution >= 4 is 11.9 Å². The summed E-state index contributed by atoms with van der Waals surface area (Å²) in [5, 5.41) is 8.92. The van der Waals surface area contributed by atoms with E-state index in [2.05, 4.69) is 0 Å².